The number of carbonyl (C=O) groups is 1. The number of halogens is 4. The van der Waals surface area contributed by atoms with Crippen molar-refractivity contribution in [2.24, 2.45) is 0 Å². The van der Waals surface area contributed by atoms with E-state index in [1.165, 1.54) is 18.2 Å². The Kier molecular flexibility index (Phi) is 3.78. The maximum absolute atomic E-state index is 13.6. The molecule has 0 heterocycles. The zero-order chi connectivity index (χ0) is 13.3. The number of hydrogen-bond acceptors (Lipinski definition) is 1. The fraction of sp³-hybridized carbons (Fsp3) is 0. The van der Waals surface area contributed by atoms with Gasteiger partial charge in [0.05, 0.1) is 5.56 Å². The van der Waals surface area contributed by atoms with Crippen LogP contribution in [0.25, 0.3) is 0 Å². The average Bonchev–Trinajstić information content (AvgIpc) is 2.28. The molecule has 0 N–H and O–H groups in total. The lowest BCUT2D eigenvalue weighted by molar-refractivity contribution is 0.103. The average molecular weight is 332 g/mol. The Hall–Kier alpha value is -1.26. The molecule has 0 bridgehead atoms. The lowest BCUT2D eigenvalue weighted by Gasteiger charge is -2.05. The second-order valence-corrected chi connectivity index (χ2v) is 4.87. The minimum absolute atomic E-state index is 0.105. The lowest BCUT2D eigenvalue weighted by Crippen LogP contribution is -2.05. The molecule has 0 atom stereocenters. The van der Waals surface area contributed by atoms with Crippen molar-refractivity contribution in [3.8, 4) is 0 Å². The van der Waals surface area contributed by atoms with E-state index in [0.29, 0.717) is 0 Å². The summed E-state index contributed by atoms with van der Waals surface area (Å²) in [4.78, 5) is 12.1. The highest BCUT2D eigenvalue weighted by Crippen LogP contribution is 2.23. The molecule has 2 aromatic carbocycles. The first-order valence-electron chi connectivity index (χ1n) is 4.94. The van der Waals surface area contributed by atoms with Gasteiger partial charge in [-0.2, -0.15) is 0 Å². The van der Waals surface area contributed by atoms with Crippen LogP contribution in [-0.2, 0) is 0 Å². The molecule has 0 unspecified atom stereocenters. The van der Waals surface area contributed by atoms with Crippen LogP contribution >= 0.6 is 27.5 Å². The highest BCUT2D eigenvalue weighted by atomic mass is 79.9. The van der Waals surface area contributed by atoms with E-state index in [-0.39, 0.29) is 20.6 Å². The van der Waals surface area contributed by atoms with Crippen molar-refractivity contribution in [3.63, 3.8) is 0 Å². The Morgan fingerprint density at radius 1 is 1.06 bits per heavy atom. The maximum atomic E-state index is 13.6. The van der Waals surface area contributed by atoms with Crippen LogP contribution in [0.5, 0.6) is 0 Å². The van der Waals surface area contributed by atoms with Crippen molar-refractivity contribution < 1.29 is 13.6 Å². The highest BCUT2D eigenvalue weighted by molar-refractivity contribution is 9.10. The Balaban J connectivity index is 2.48. The Labute approximate surface area is 116 Å². The van der Waals surface area contributed by atoms with Crippen LogP contribution in [-0.4, -0.2) is 5.78 Å². The molecular formula is C13H6BrClF2O. The molecule has 0 saturated heterocycles. The standard InChI is InChI=1S/C13H6BrClF2O/c14-11-6-8(16)2-4-9(11)13(18)10-3-1-7(15)5-12(10)17/h1-6H. The molecule has 2 rings (SSSR count). The molecule has 18 heavy (non-hydrogen) atoms. The molecule has 5 heteroatoms. The van der Waals surface area contributed by atoms with Gasteiger partial charge in [0.25, 0.3) is 0 Å². The van der Waals surface area contributed by atoms with E-state index in [1.54, 1.807) is 0 Å². The van der Waals surface area contributed by atoms with E-state index in [4.69, 9.17) is 11.6 Å². The van der Waals surface area contributed by atoms with Crippen molar-refractivity contribution in [2.45, 2.75) is 0 Å². The first kappa shape index (κ1) is 13.2. The summed E-state index contributed by atoms with van der Waals surface area (Å²) in [5.74, 6) is -1.71. The van der Waals surface area contributed by atoms with Crippen LogP contribution < -0.4 is 0 Å². The molecule has 0 spiro atoms. The van der Waals surface area contributed by atoms with Gasteiger partial charge in [-0.15, -0.1) is 0 Å². The van der Waals surface area contributed by atoms with Gasteiger partial charge in [0.2, 0.25) is 0 Å². The first-order chi connectivity index (χ1) is 8.49. The van der Waals surface area contributed by atoms with Crippen LogP contribution in [0, 0.1) is 11.6 Å². The van der Waals surface area contributed by atoms with Crippen LogP contribution in [0.4, 0.5) is 8.78 Å². The molecule has 0 radical (unpaired) electrons. The van der Waals surface area contributed by atoms with Gasteiger partial charge in [-0.25, -0.2) is 8.78 Å². The fourth-order valence-corrected chi connectivity index (χ4v) is 2.18. The smallest absolute Gasteiger partial charge is 0.197 e. The normalized spacial score (nSPS) is 10.4. The number of rotatable bonds is 2. The van der Waals surface area contributed by atoms with Crippen LogP contribution in [0.15, 0.2) is 40.9 Å². The van der Waals surface area contributed by atoms with E-state index in [2.05, 4.69) is 15.9 Å². The van der Waals surface area contributed by atoms with Crippen molar-refractivity contribution in [2.75, 3.05) is 0 Å². The van der Waals surface area contributed by atoms with E-state index in [9.17, 15) is 13.6 Å². The molecule has 0 aliphatic heterocycles. The summed E-state index contributed by atoms with van der Waals surface area (Å²) >= 11 is 8.68. The minimum Gasteiger partial charge on any atom is -0.288 e. The van der Waals surface area contributed by atoms with Crippen LogP contribution in [0.3, 0.4) is 0 Å². The third-order valence-corrected chi connectivity index (χ3v) is 3.24. The second-order valence-electron chi connectivity index (χ2n) is 3.58. The van der Waals surface area contributed by atoms with Gasteiger partial charge in [-0.1, -0.05) is 11.6 Å². The number of hydrogen-bond donors (Lipinski definition) is 0. The molecule has 0 saturated carbocycles. The molecule has 1 nitrogen and oxygen atoms in total. The Morgan fingerprint density at radius 3 is 2.33 bits per heavy atom. The number of benzene rings is 2. The van der Waals surface area contributed by atoms with Gasteiger partial charge in [0, 0.05) is 15.1 Å². The van der Waals surface area contributed by atoms with Crippen molar-refractivity contribution in [1.29, 1.82) is 0 Å². The number of carbonyl (C=O) groups excluding carboxylic acids is 1. The molecule has 2 aromatic rings. The topological polar surface area (TPSA) is 17.1 Å². The van der Waals surface area contributed by atoms with Gasteiger partial charge >= 0.3 is 0 Å². The molecular weight excluding hydrogens is 325 g/mol. The molecule has 0 fully saturated rings. The summed E-state index contributed by atoms with van der Waals surface area (Å²) in [6.45, 7) is 0. The summed E-state index contributed by atoms with van der Waals surface area (Å²) in [7, 11) is 0. The van der Waals surface area contributed by atoms with Crippen molar-refractivity contribution in [1.82, 2.24) is 0 Å². The summed E-state index contributed by atoms with van der Waals surface area (Å²) in [6, 6.07) is 7.39. The largest absolute Gasteiger partial charge is 0.288 e. The SMILES string of the molecule is O=C(c1ccc(Cl)cc1F)c1ccc(F)cc1Br. The number of ketones is 1. The van der Waals surface area contributed by atoms with E-state index < -0.39 is 17.4 Å². The molecule has 0 aliphatic rings. The molecule has 0 aromatic heterocycles. The van der Waals surface area contributed by atoms with Crippen LogP contribution in [0.1, 0.15) is 15.9 Å². The molecule has 92 valence electrons. The summed E-state index contributed by atoms with van der Waals surface area (Å²) in [5, 5.41) is 0.210. The van der Waals surface area contributed by atoms with Gasteiger partial charge in [0.1, 0.15) is 11.6 Å². The Bertz CT molecular complexity index is 575. The highest BCUT2D eigenvalue weighted by Gasteiger charge is 2.17. The predicted molar refractivity (Wildman–Crippen MR) is 68.9 cm³/mol. The third-order valence-electron chi connectivity index (χ3n) is 2.35. The fourth-order valence-electron chi connectivity index (χ4n) is 1.49. The van der Waals surface area contributed by atoms with E-state index in [0.717, 1.165) is 18.2 Å². The second kappa shape index (κ2) is 5.16. The Morgan fingerprint density at radius 2 is 1.72 bits per heavy atom. The minimum atomic E-state index is -0.705. The monoisotopic (exact) mass is 330 g/mol. The predicted octanol–water partition coefficient (Wildman–Crippen LogP) is 4.61. The van der Waals surface area contributed by atoms with Crippen LogP contribution in [0.2, 0.25) is 5.02 Å². The quantitative estimate of drug-likeness (QED) is 0.734. The first-order valence-corrected chi connectivity index (χ1v) is 6.11. The third kappa shape index (κ3) is 2.60. The zero-order valence-corrected chi connectivity index (χ0v) is 11.2. The van der Waals surface area contributed by atoms with E-state index in [1.807, 2.05) is 0 Å². The van der Waals surface area contributed by atoms with Gasteiger partial charge in [-0.3, -0.25) is 4.79 Å². The lowest BCUT2D eigenvalue weighted by atomic mass is 10.0. The maximum Gasteiger partial charge on any atom is 0.197 e. The molecule has 0 aliphatic carbocycles. The summed E-state index contributed by atoms with van der Waals surface area (Å²) in [6.07, 6.45) is 0. The van der Waals surface area contributed by atoms with Gasteiger partial charge in [0.15, 0.2) is 5.78 Å². The zero-order valence-electron chi connectivity index (χ0n) is 8.88. The van der Waals surface area contributed by atoms with E-state index >= 15 is 0 Å². The summed E-state index contributed by atoms with van der Waals surface area (Å²) < 4.78 is 26.8. The summed E-state index contributed by atoms with van der Waals surface area (Å²) in [5.41, 5.74) is 0.0873. The van der Waals surface area contributed by atoms with Gasteiger partial charge < -0.3 is 0 Å². The molecule has 0 amide bonds. The van der Waals surface area contributed by atoms with Crippen molar-refractivity contribution >= 4 is 33.3 Å². The van der Waals surface area contributed by atoms with Crippen molar-refractivity contribution in [3.05, 3.63) is 68.7 Å². The van der Waals surface area contributed by atoms with Gasteiger partial charge in [-0.05, 0) is 52.3 Å².